The molecule has 0 atom stereocenters. The molecule has 6 heavy (non-hydrogen) atoms. The molecule has 3 heteroatoms. The van der Waals surface area contributed by atoms with Crippen LogP contribution in [0.4, 0.5) is 0 Å². The predicted molar refractivity (Wildman–Crippen MR) is 31.7 cm³/mol. The molecule has 0 spiro atoms. The van der Waals surface area contributed by atoms with Crippen LogP contribution >= 0.6 is 0 Å². The molecule has 0 amide bonds. The normalized spacial score (nSPS) is 24.0. The molecule has 0 aromatic rings. The summed E-state index contributed by atoms with van der Waals surface area (Å²) in [7, 11) is 2.78. The zero-order valence-corrected chi connectivity index (χ0v) is 8.48. The van der Waals surface area contributed by atoms with Crippen LogP contribution in [-0.4, -0.2) is 40.2 Å². The first-order chi connectivity index (χ1) is 3.00. The second kappa shape index (κ2) is 3.26. The Morgan fingerprint density at radius 1 is 1.17 bits per heavy atom. The van der Waals surface area contributed by atoms with Gasteiger partial charge in [-0.25, -0.2) is 0 Å². The van der Waals surface area contributed by atoms with Crippen molar-refractivity contribution in [3.8, 4) is 0 Å². The Morgan fingerprint density at radius 3 is 2.00 bits per heavy atom. The van der Waals surface area contributed by atoms with Gasteiger partial charge in [0.1, 0.15) is 0 Å². The van der Waals surface area contributed by atoms with E-state index >= 15 is 0 Å². The van der Waals surface area contributed by atoms with E-state index in [-0.39, 0.29) is 0 Å². The summed E-state index contributed by atoms with van der Waals surface area (Å²) in [6.45, 7) is 0. The molecule has 0 nitrogen and oxygen atoms in total. The minimum absolute atomic E-state index is 0.311. The third-order valence-corrected chi connectivity index (χ3v) is 12.3. The standard InChI is InChI=1S/C3H6Si2.Sn/c1-4-3-5-2;/h1-3H2;. The number of hydrogen-bond acceptors (Lipinski definition) is 0. The molecule has 0 bridgehead atoms. The van der Waals surface area contributed by atoms with Crippen molar-refractivity contribution in [3.05, 3.63) is 0 Å². The SMILES string of the molecule is C1[Si][CH2][Sn][CH2][Si]1. The minimum atomic E-state index is 0.311. The van der Waals surface area contributed by atoms with Crippen LogP contribution in [0.5, 0.6) is 0 Å². The van der Waals surface area contributed by atoms with Crippen LogP contribution in [0.1, 0.15) is 0 Å². The zero-order valence-electron chi connectivity index (χ0n) is 3.62. The molecule has 1 aliphatic rings. The molecule has 0 aliphatic carbocycles. The Balaban J connectivity index is 2.00. The van der Waals surface area contributed by atoms with E-state index < -0.39 is 0 Å². The van der Waals surface area contributed by atoms with Gasteiger partial charge in [-0.05, 0) is 0 Å². The summed E-state index contributed by atoms with van der Waals surface area (Å²) in [5, 5.41) is 0. The molecular weight excluding hydrogens is 211 g/mol. The molecule has 0 unspecified atom stereocenters. The van der Waals surface area contributed by atoms with Gasteiger partial charge in [0.15, 0.2) is 0 Å². The topological polar surface area (TPSA) is 0 Å². The van der Waals surface area contributed by atoms with E-state index in [2.05, 4.69) is 0 Å². The van der Waals surface area contributed by atoms with Crippen LogP contribution in [-0.2, 0) is 0 Å². The molecule has 0 aromatic carbocycles. The quantitative estimate of drug-likeness (QED) is 0.510. The Bertz CT molecular complexity index is 24.3. The summed E-state index contributed by atoms with van der Waals surface area (Å²) in [5.74, 6) is 0. The van der Waals surface area contributed by atoms with Gasteiger partial charge < -0.3 is 0 Å². The fourth-order valence-electron chi connectivity index (χ4n) is 0.453. The summed E-state index contributed by atoms with van der Waals surface area (Å²) in [6, 6.07) is 0. The van der Waals surface area contributed by atoms with Crippen molar-refractivity contribution in [3.63, 3.8) is 0 Å². The van der Waals surface area contributed by atoms with Gasteiger partial charge in [0.25, 0.3) is 0 Å². The van der Waals surface area contributed by atoms with Crippen LogP contribution < -0.4 is 0 Å². The van der Waals surface area contributed by atoms with Crippen LogP contribution in [0.2, 0.25) is 13.8 Å². The maximum absolute atomic E-state index is 1.70. The summed E-state index contributed by atoms with van der Waals surface area (Å²) in [6.07, 6.45) is 0. The fourth-order valence-corrected chi connectivity index (χ4v) is 15.7. The monoisotopic (exact) mass is 218 g/mol. The average Bonchev–Trinajstić information content (AvgIpc) is 1.72. The summed E-state index contributed by atoms with van der Waals surface area (Å²) < 4.78 is 3.41. The Labute approximate surface area is 54.0 Å². The molecule has 1 fully saturated rings. The second-order valence-electron chi connectivity index (χ2n) is 1.28. The molecule has 1 saturated heterocycles. The molecule has 1 heterocycles. The van der Waals surface area contributed by atoms with Crippen molar-refractivity contribution in [1.29, 1.82) is 0 Å². The fraction of sp³-hybridized carbons (Fsp3) is 1.00. The van der Waals surface area contributed by atoms with Crippen molar-refractivity contribution in [2.45, 2.75) is 13.8 Å². The molecule has 0 N–H and O–H groups in total. The Hall–Kier alpha value is 1.23. The van der Waals surface area contributed by atoms with Gasteiger partial charge in [-0.15, -0.1) is 0 Å². The zero-order chi connectivity index (χ0) is 4.24. The third kappa shape index (κ3) is 1.79. The van der Waals surface area contributed by atoms with Crippen LogP contribution in [0, 0.1) is 0 Å². The second-order valence-corrected chi connectivity index (χ2v) is 11.9. The van der Waals surface area contributed by atoms with Crippen molar-refractivity contribution in [1.82, 2.24) is 0 Å². The van der Waals surface area contributed by atoms with Crippen molar-refractivity contribution >= 4 is 40.2 Å². The van der Waals surface area contributed by atoms with Crippen molar-refractivity contribution in [2.75, 3.05) is 0 Å². The molecular formula is C3H6Si2Sn. The molecule has 0 aromatic heterocycles. The van der Waals surface area contributed by atoms with Crippen LogP contribution in [0.3, 0.4) is 0 Å². The predicted octanol–water partition coefficient (Wildman–Crippen LogP) is 0.240. The first kappa shape index (κ1) is 5.37. The van der Waals surface area contributed by atoms with Gasteiger partial charge in [0.2, 0.25) is 0 Å². The van der Waals surface area contributed by atoms with Gasteiger partial charge in [-0.2, -0.15) is 0 Å². The van der Waals surface area contributed by atoms with E-state index in [9.17, 15) is 0 Å². The summed E-state index contributed by atoms with van der Waals surface area (Å²) in [4.78, 5) is 0. The van der Waals surface area contributed by atoms with Gasteiger partial charge in [0, 0.05) is 0 Å². The molecule has 6 radical (unpaired) electrons. The van der Waals surface area contributed by atoms with Gasteiger partial charge >= 0.3 is 54.0 Å². The maximum atomic E-state index is 1.70. The first-order valence-corrected chi connectivity index (χ1v) is 8.99. The first-order valence-electron chi connectivity index (χ1n) is 2.12. The van der Waals surface area contributed by atoms with Crippen LogP contribution in [0.15, 0.2) is 0 Å². The number of hydrogen-bond donors (Lipinski definition) is 0. The van der Waals surface area contributed by atoms with Gasteiger partial charge in [0.05, 0.1) is 0 Å². The van der Waals surface area contributed by atoms with E-state index in [1.165, 1.54) is 19.0 Å². The number of rotatable bonds is 0. The molecule has 0 saturated carbocycles. The molecule has 30 valence electrons. The Kier molecular flexibility index (Phi) is 2.92. The van der Waals surface area contributed by atoms with E-state index in [1.54, 1.807) is 13.8 Å². The Morgan fingerprint density at radius 2 is 1.83 bits per heavy atom. The van der Waals surface area contributed by atoms with E-state index in [1.807, 2.05) is 0 Å². The van der Waals surface area contributed by atoms with Crippen molar-refractivity contribution < 1.29 is 0 Å². The molecule has 1 rings (SSSR count). The van der Waals surface area contributed by atoms with E-state index in [0.29, 0.717) is 21.1 Å². The molecule has 1 aliphatic heterocycles. The van der Waals surface area contributed by atoms with Gasteiger partial charge in [-0.1, -0.05) is 0 Å². The van der Waals surface area contributed by atoms with Gasteiger partial charge in [-0.3, -0.25) is 0 Å². The van der Waals surface area contributed by atoms with E-state index in [4.69, 9.17) is 0 Å². The average molecular weight is 217 g/mol. The summed E-state index contributed by atoms with van der Waals surface area (Å²) >= 11 is 0.311. The van der Waals surface area contributed by atoms with Crippen molar-refractivity contribution in [2.24, 2.45) is 0 Å². The summed E-state index contributed by atoms with van der Waals surface area (Å²) in [5.41, 5.74) is 1.60. The third-order valence-electron chi connectivity index (χ3n) is 0.750. The van der Waals surface area contributed by atoms with E-state index in [0.717, 1.165) is 0 Å². The van der Waals surface area contributed by atoms with Crippen LogP contribution in [0.25, 0.3) is 0 Å².